The van der Waals surface area contributed by atoms with Gasteiger partial charge in [0, 0.05) is 19.6 Å². The second-order valence-electron chi connectivity index (χ2n) is 4.93. The minimum atomic E-state index is -0.998. The second kappa shape index (κ2) is 6.61. The minimum Gasteiger partial charge on any atom is -0.497 e. The fourth-order valence-electron chi connectivity index (χ4n) is 2.51. The van der Waals surface area contributed by atoms with Crippen molar-refractivity contribution in [2.24, 2.45) is 0 Å². The molecule has 0 heterocycles. The van der Waals surface area contributed by atoms with Crippen LogP contribution >= 0.6 is 0 Å². The van der Waals surface area contributed by atoms with Crippen molar-refractivity contribution in [3.8, 4) is 11.5 Å². The first-order valence-electron chi connectivity index (χ1n) is 6.74. The lowest BCUT2D eigenvalue weighted by atomic mass is 9.95. The first-order chi connectivity index (χ1) is 9.63. The van der Waals surface area contributed by atoms with Crippen LogP contribution in [0.1, 0.15) is 36.0 Å². The van der Waals surface area contributed by atoms with Crippen molar-refractivity contribution in [2.75, 3.05) is 14.2 Å². The van der Waals surface area contributed by atoms with Gasteiger partial charge in [-0.15, -0.1) is 0 Å². The van der Waals surface area contributed by atoms with Gasteiger partial charge in [0.05, 0.1) is 13.2 Å². The molecule has 20 heavy (non-hydrogen) atoms. The van der Waals surface area contributed by atoms with E-state index in [-0.39, 0.29) is 17.8 Å². The third kappa shape index (κ3) is 3.42. The minimum absolute atomic E-state index is 0.0149. The van der Waals surface area contributed by atoms with Gasteiger partial charge in [-0.2, -0.15) is 0 Å². The van der Waals surface area contributed by atoms with E-state index in [1.54, 1.807) is 26.4 Å². The highest BCUT2D eigenvalue weighted by molar-refractivity contribution is 5.91. The van der Waals surface area contributed by atoms with E-state index in [0.29, 0.717) is 11.5 Å². The van der Waals surface area contributed by atoms with Crippen molar-refractivity contribution in [3.05, 3.63) is 23.8 Å². The summed E-state index contributed by atoms with van der Waals surface area (Å²) in [5, 5.41) is 9.21. The maximum atomic E-state index is 11.2. The molecule has 1 aromatic rings. The van der Waals surface area contributed by atoms with Gasteiger partial charge in [0.25, 0.3) is 0 Å². The summed E-state index contributed by atoms with van der Waals surface area (Å²) in [6, 6.07) is 4.75. The zero-order valence-corrected chi connectivity index (χ0v) is 11.8. The largest absolute Gasteiger partial charge is 0.497 e. The Bertz CT molecular complexity index is 471. The molecule has 1 aromatic carbocycles. The summed E-state index contributed by atoms with van der Waals surface area (Å²) in [4.78, 5) is 11.2. The zero-order valence-electron chi connectivity index (χ0n) is 11.8. The van der Waals surface area contributed by atoms with Crippen LogP contribution in [0.25, 0.3) is 0 Å². The molecule has 0 spiro atoms. The van der Waals surface area contributed by atoms with E-state index in [0.717, 1.165) is 25.7 Å². The fraction of sp³-hybridized carbons (Fsp3) is 0.533. The fourth-order valence-corrected chi connectivity index (χ4v) is 2.51. The van der Waals surface area contributed by atoms with Gasteiger partial charge in [-0.25, -0.2) is 4.79 Å². The molecule has 5 heteroatoms. The highest BCUT2D eigenvalue weighted by atomic mass is 16.5. The molecule has 0 radical (unpaired) electrons. The lowest BCUT2D eigenvalue weighted by molar-refractivity contribution is 0.0204. The molecule has 1 N–H and O–H groups in total. The zero-order chi connectivity index (χ0) is 14.5. The average molecular weight is 280 g/mol. The van der Waals surface area contributed by atoms with Crippen molar-refractivity contribution in [3.63, 3.8) is 0 Å². The maximum absolute atomic E-state index is 11.2. The summed E-state index contributed by atoms with van der Waals surface area (Å²) in [6.45, 7) is 0. The van der Waals surface area contributed by atoms with Crippen LogP contribution in [0, 0.1) is 0 Å². The molecule has 2 unspecified atom stereocenters. The molecular formula is C15H20O5. The Balaban J connectivity index is 2.16. The monoisotopic (exact) mass is 280 g/mol. The van der Waals surface area contributed by atoms with Gasteiger partial charge in [-0.1, -0.05) is 0 Å². The Morgan fingerprint density at radius 2 is 2.00 bits per heavy atom. The standard InChI is InChI=1S/C15H20O5/c1-18-10-4-3-5-12(8-10)20-14-9-11(19-2)6-7-13(14)15(16)17/h6-7,9-10,12H,3-5,8H2,1-2H3,(H,16,17). The Kier molecular flexibility index (Phi) is 4.84. The third-order valence-corrected chi connectivity index (χ3v) is 3.62. The number of ether oxygens (including phenoxy) is 3. The number of methoxy groups -OCH3 is 2. The van der Waals surface area contributed by atoms with Gasteiger partial charge in [-0.05, 0) is 31.4 Å². The van der Waals surface area contributed by atoms with Crippen LogP contribution in [-0.4, -0.2) is 37.5 Å². The summed E-state index contributed by atoms with van der Waals surface area (Å²) < 4.78 is 16.4. The Morgan fingerprint density at radius 1 is 1.25 bits per heavy atom. The van der Waals surface area contributed by atoms with E-state index in [4.69, 9.17) is 14.2 Å². The number of hydrogen-bond acceptors (Lipinski definition) is 4. The quantitative estimate of drug-likeness (QED) is 0.898. The molecule has 5 nitrogen and oxygen atoms in total. The lowest BCUT2D eigenvalue weighted by Crippen LogP contribution is -2.29. The molecule has 0 aliphatic heterocycles. The van der Waals surface area contributed by atoms with Gasteiger partial charge in [0.15, 0.2) is 0 Å². The van der Waals surface area contributed by atoms with Crippen molar-refractivity contribution in [1.29, 1.82) is 0 Å². The number of carboxylic acid groups (broad SMARTS) is 1. The topological polar surface area (TPSA) is 65.0 Å². The van der Waals surface area contributed by atoms with Crippen molar-refractivity contribution in [2.45, 2.75) is 37.9 Å². The molecule has 1 aliphatic carbocycles. The van der Waals surface area contributed by atoms with Crippen LogP contribution in [0.3, 0.4) is 0 Å². The van der Waals surface area contributed by atoms with Gasteiger partial charge in [0.2, 0.25) is 0 Å². The smallest absolute Gasteiger partial charge is 0.339 e. The highest BCUT2D eigenvalue weighted by Gasteiger charge is 2.24. The molecule has 2 rings (SSSR count). The summed E-state index contributed by atoms with van der Waals surface area (Å²) >= 11 is 0. The SMILES string of the molecule is COc1ccc(C(=O)O)c(OC2CCCC(OC)C2)c1. The van der Waals surface area contributed by atoms with Crippen LogP contribution in [0.15, 0.2) is 18.2 Å². The predicted molar refractivity (Wildman–Crippen MR) is 73.6 cm³/mol. The number of hydrogen-bond donors (Lipinski definition) is 1. The first kappa shape index (κ1) is 14.7. The van der Waals surface area contributed by atoms with Crippen LogP contribution < -0.4 is 9.47 Å². The number of rotatable bonds is 5. The number of benzene rings is 1. The van der Waals surface area contributed by atoms with E-state index in [2.05, 4.69) is 0 Å². The molecule has 2 atom stereocenters. The van der Waals surface area contributed by atoms with E-state index < -0.39 is 5.97 Å². The van der Waals surface area contributed by atoms with E-state index >= 15 is 0 Å². The van der Waals surface area contributed by atoms with Gasteiger partial charge in [0.1, 0.15) is 23.2 Å². The van der Waals surface area contributed by atoms with Crippen LogP contribution in [0.4, 0.5) is 0 Å². The Hall–Kier alpha value is -1.75. The third-order valence-electron chi connectivity index (χ3n) is 3.62. The van der Waals surface area contributed by atoms with E-state index in [1.807, 2.05) is 0 Å². The highest BCUT2D eigenvalue weighted by Crippen LogP contribution is 2.30. The van der Waals surface area contributed by atoms with Gasteiger partial charge < -0.3 is 19.3 Å². The molecule has 0 aromatic heterocycles. The second-order valence-corrected chi connectivity index (χ2v) is 4.93. The predicted octanol–water partition coefficient (Wildman–Crippen LogP) is 2.73. The summed E-state index contributed by atoms with van der Waals surface area (Å²) in [6.07, 6.45) is 3.92. The van der Waals surface area contributed by atoms with Crippen LogP contribution in [-0.2, 0) is 4.74 Å². The summed E-state index contributed by atoms with van der Waals surface area (Å²) in [7, 11) is 3.24. The van der Waals surface area contributed by atoms with Crippen molar-refractivity contribution < 1.29 is 24.1 Å². The van der Waals surface area contributed by atoms with Crippen molar-refractivity contribution in [1.82, 2.24) is 0 Å². The molecule has 1 aliphatic rings. The first-order valence-corrected chi connectivity index (χ1v) is 6.74. The molecule has 110 valence electrons. The molecule has 1 fully saturated rings. The van der Waals surface area contributed by atoms with Gasteiger partial charge >= 0.3 is 5.97 Å². The maximum Gasteiger partial charge on any atom is 0.339 e. The van der Waals surface area contributed by atoms with Crippen molar-refractivity contribution >= 4 is 5.97 Å². The normalized spacial score (nSPS) is 22.3. The molecular weight excluding hydrogens is 260 g/mol. The number of aromatic carboxylic acids is 1. The molecule has 0 bridgehead atoms. The van der Waals surface area contributed by atoms with E-state index in [9.17, 15) is 9.90 Å². The Labute approximate surface area is 118 Å². The summed E-state index contributed by atoms with van der Waals surface area (Å²) in [5.74, 6) is -0.0514. The van der Waals surface area contributed by atoms with E-state index in [1.165, 1.54) is 6.07 Å². The van der Waals surface area contributed by atoms with Crippen LogP contribution in [0.5, 0.6) is 11.5 Å². The molecule has 0 saturated heterocycles. The lowest BCUT2D eigenvalue weighted by Gasteiger charge is -2.29. The Morgan fingerprint density at radius 3 is 2.65 bits per heavy atom. The average Bonchev–Trinajstić information content (AvgIpc) is 2.47. The van der Waals surface area contributed by atoms with Crippen LogP contribution in [0.2, 0.25) is 0 Å². The number of carboxylic acids is 1. The molecule has 0 amide bonds. The molecule has 1 saturated carbocycles. The number of carbonyl (C=O) groups is 1. The summed E-state index contributed by atoms with van der Waals surface area (Å²) in [5.41, 5.74) is 0.158. The van der Waals surface area contributed by atoms with Gasteiger partial charge in [-0.3, -0.25) is 0 Å².